The number of hydrogen-bond donors (Lipinski definition) is 1. The van der Waals surface area contributed by atoms with Crippen LogP contribution >= 0.6 is 27.5 Å². The van der Waals surface area contributed by atoms with Crippen LogP contribution in [0.15, 0.2) is 22.8 Å². The SMILES string of the molecule is CNC(c1ccc(Cl)cc1C)c1c(Br)nnn1C. The number of rotatable bonds is 3. The van der Waals surface area contributed by atoms with Crippen molar-refractivity contribution in [2.45, 2.75) is 13.0 Å². The Labute approximate surface area is 119 Å². The third-order valence-electron chi connectivity index (χ3n) is 2.93. The lowest BCUT2D eigenvalue weighted by atomic mass is 9.99. The van der Waals surface area contributed by atoms with Gasteiger partial charge in [0.25, 0.3) is 0 Å². The maximum atomic E-state index is 5.99. The van der Waals surface area contributed by atoms with Gasteiger partial charge >= 0.3 is 0 Å². The topological polar surface area (TPSA) is 42.7 Å². The zero-order valence-electron chi connectivity index (χ0n) is 10.4. The van der Waals surface area contributed by atoms with Crippen LogP contribution in [0, 0.1) is 6.92 Å². The van der Waals surface area contributed by atoms with Gasteiger partial charge in [-0.25, -0.2) is 4.68 Å². The van der Waals surface area contributed by atoms with Crippen molar-refractivity contribution in [3.63, 3.8) is 0 Å². The van der Waals surface area contributed by atoms with Crippen molar-refractivity contribution in [3.8, 4) is 0 Å². The van der Waals surface area contributed by atoms with Crippen LogP contribution in [0.5, 0.6) is 0 Å². The highest BCUT2D eigenvalue weighted by atomic mass is 79.9. The Hall–Kier alpha value is -0.910. The van der Waals surface area contributed by atoms with Crippen molar-refractivity contribution in [1.82, 2.24) is 20.3 Å². The van der Waals surface area contributed by atoms with Gasteiger partial charge < -0.3 is 5.32 Å². The summed E-state index contributed by atoms with van der Waals surface area (Å²) in [6.45, 7) is 2.04. The summed E-state index contributed by atoms with van der Waals surface area (Å²) in [5, 5.41) is 12.1. The van der Waals surface area contributed by atoms with Crippen molar-refractivity contribution in [1.29, 1.82) is 0 Å². The Bertz CT molecular complexity index is 548. The lowest BCUT2D eigenvalue weighted by Crippen LogP contribution is -2.22. The number of aryl methyl sites for hydroxylation is 2. The zero-order chi connectivity index (χ0) is 13.3. The molecule has 18 heavy (non-hydrogen) atoms. The van der Waals surface area contributed by atoms with Crippen molar-refractivity contribution in [2.75, 3.05) is 7.05 Å². The average Bonchev–Trinajstić information content (AvgIpc) is 2.64. The van der Waals surface area contributed by atoms with E-state index in [0.717, 1.165) is 26.4 Å². The molecular weight excluding hydrogens is 316 g/mol. The van der Waals surface area contributed by atoms with Gasteiger partial charge in [-0.15, -0.1) is 5.10 Å². The van der Waals surface area contributed by atoms with Gasteiger partial charge in [0.2, 0.25) is 0 Å². The summed E-state index contributed by atoms with van der Waals surface area (Å²) >= 11 is 9.43. The Morgan fingerprint density at radius 2 is 2.17 bits per heavy atom. The van der Waals surface area contributed by atoms with Crippen LogP contribution in [-0.4, -0.2) is 22.0 Å². The van der Waals surface area contributed by atoms with Gasteiger partial charge in [-0.2, -0.15) is 0 Å². The van der Waals surface area contributed by atoms with E-state index in [1.54, 1.807) is 4.68 Å². The van der Waals surface area contributed by atoms with Crippen LogP contribution < -0.4 is 5.32 Å². The van der Waals surface area contributed by atoms with Crippen molar-refractivity contribution >= 4 is 27.5 Å². The summed E-state index contributed by atoms with van der Waals surface area (Å²) in [6, 6.07) is 5.90. The predicted octanol–water partition coefficient (Wildman–Crippen LogP) is 2.85. The van der Waals surface area contributed by atoms with E-state index in [0.29, 0.717) is 0 Å². The second kappa shape index (κ2) is 5.38. The van der Waals surface area contributed by atoms with Crippen LogP contribution in [0.1, 0.15) is 22.9 Å². The third kappa shape index (κ3) is 2.43. The van der Waals surface area contributed by atoms with E-state index >= 15 is 0 Å². The molecule has 1 N–H and O–H groups in total. The van der Waals surface area contributed by atoms with E-state index < -0.39 is 0 Å². The minimum atomic E-state index is 0.0247. The van der Waals surface area contributed by atoms with Gasteiger partial charge in [0.15, 0.2) is 4.60 Å². The molecule has 0 spiro atoms. The Morgan fingerprint density at radius 1 is 1.44 bits per heavy atom. The molecule has 0 saturated carbocycles. The molecule has 4 nitrogen and oxygen atoms in total. The summed E-state index contributed by atoms with van der Waals surface area (Å²) in [6.07, 6.45) is 0. The first-order chi connectivity index (χ1) is 8.54. The average molecular weight is 330 g/mol. The second-order valence-electron chi connectivity index (χ2n) is 4.11. The molecule has 1 unspecified atom stereocenters. The molecule has 2 rings (SSSR count). The predicted molar refractivity (Wildman–Crippen MR) is 75.8 cm³/mol. The summed E-state index contributed by atoms with van der Waals surface area (Å²) in [7, 11) is 3.79. The highest BCUT2D eigenvalue weighted by Crippen LogP contribution is 2.29. The van der Waals surface area contributed by atoms with Crippen LogP contribution in [-0.2, 0) is 7.05 Å². The molecular formula is C12H14BrClN4. The van der Waals surface area contributed by atoms with Crippen molar-refractivity contribution < 1.29 is 0 Å². The molecule has 1 aromatic heterocycles. The lowest BCUT2D eigenvalue weighted by Gasteiger charge is -2.19. The number of nitrogens with one attached hydrogen (secondary N) is 1. The van der Waals surface area contributed by atoms with Gasteiger partial charge in [0.05, 0.1) is 11.7 Å². The normalized spacial score (nSPS) is 12.7. The van der Waals surface area contributed by atoms with Crippen LogP contribution in [0.4, 0.5) is 0 Å². The first kappa shape index (κ1) is 13.5. The Balaban J connectivity index is 2.52. The molecule has 0 radical (unpaired) electrons. The van der Waals surface area contributed by atoms with Crippen molar-refractivity contribution in [2.24, 2.45) is 7.05 Å². The number of nitrogens with zero attached hydrogens (tertiary/aromatic N) is 3. The summed E-state index contributed by atoms with van der Waals surface area (Å²) in [4.78, 5) is 0. The lowest BCUT2D eigenvalue weighted by molar-refractivity contribution is 0.595. The molecule has 0 bridgehead atoms. The highest BCUT2D eigenvalue weighted by molar-refractivity contribution is 9.10. The maximum Gasteiger partial charge on any atom is 0.153 e. The number of hydrogen-bond acceptors (Lipinski definition) is 3. The molecule has 0 amide bonds. The highest BCUT2D eigenvalue weighted by Gasteiger charge is 2.21. The Morgan fingerprint density at radius 3 is 2.67 bits per heavy atom. The van der Waals surface area contributed by atoms with E-state index in [1.165, 1.54) is 0 Å². The fourth-order valence-corrected chi connectivity index (χ4v) is 2.83. The van der Waals surface area contributed by atoms with Crippen LogP contribution in [0.2, 0.25) is 5.02 Å². The summed E-state index contributed by atoms with van der Waals surface area (Å²) in [5.74, 6) is 0. The van der Waals surface area contributed by atoms with Crippen LogP contribution in [0.25, 0.3) is 0 Å². The second-order valence-corrected chi connectivity index (χ2v) is 5.30. The standard InChI is InChI=1S/C12H14BrClN4/c1-7-6-8(14)4-5-9(7)10(15-2)11-12(13)16-17-18(11)3/h4-6,10,15H,1-3H3. The van der Waals surface area contributed by atoms with Gasteiger partial charge in [-0.05, 0) is 53.2 Å². The van der Waals surface area contributed by atoms with Gasteiger partial charge in [-0.3, -0.25) is 0 Å². The largest absolute Gasteiger partial charge is 0.308 e. The number of halogens is 2. The van der Waals surface area contributed by atoms with Gasteiger partial charge in [0.1, 0.15) is 0 Å². The van der Waals surface area contributed by atoms with E-state index in [-0.39, 0.29) is 6.04 Å². The molecule has 0 aliphatic carbocycles. The summed E-state index contributed by atoms with van der Waals surface area (Å²) < 4.78 is 2.51. The zero-order valence-corrected chi connectivity index (χ0v) is 12.7. The summed E-state index contributed by atoms with van der Waals surface area (Å²) in [5.41, 5.74) is 3.28. The van der Waals surface area contributed by atoms with E-state index in [9.17, 15) is 0 Å². The fourth-order valence-electron chi connectivity index (χ4n) is 2.05. The van der Waals surface area contributed by atoms with Gasteiger partial charge in [-0.1, -0.05) is 22.9 Å². The molecule has 6 heteroatoms. The van der Waals surface area contributed by atoms with Gasteiger partial charge in [0, 0.05) is 12.1 Å². The number of aromatic nitrogens is 3. The monoisotopic (exact) mass is 328 g/mol. The smallest absolute Gasteiger partial charge is 0.153 e. The Kier molecular flexibility index (Phi) is 4.04. The molecule has 96 valence electrons. The number of benzene rings is 1. The fraction of sp³-hybridized carbons (Fsp3) is 0.333. The minimum absolute atomic E-state index is 0.0247. The molecule has 1 atom stereocenters. The molecule has 2 aromatic rings. The first-order valence-electron chi connectivity index (χ1n) is 5.53. The first-order valence-corrected chi connectivity index (χ1v) is 6.70. The van der Waals surface area contributed by atoms with E-state index in [2.05, 4.69) is 31.6 Å². The van der Waals surface area contributed by atoms with Crippen molar-refractivity contribution in [3.05, 3.63) is 44.6 Å². The molecule has 0 aliphatic heterocycles. The molecule has 1 heterocycles. The van der Waals surface area contributed by atoms with E-state index in [1.807, 2.05) is 39.2 Å². The molecule has 0 fully saturated rings. The molecule has 1 aromatic carbocycles. The van der Waals surface area contributed by atoms with Crippen LogP contribution in [0.3, 0.4) is 0 Å². The quantitative estimate of drug-likeness (QED) is 0.941. The molecule has 0 saturated heterocycles. The van der Waals surface area contributed by atoms with E-state index in [4.69, 9.17) is 11.6 Å². The molecule has 0 aliphatic rings. The minimum Gasteiger partial charge on any atom is -0.308 e. The third-order valence-corrected chi connectivity index (χ3v) is 3.73. The maximum absolute atomic E-state index is 5.99.